The number of halogens is 4. The van der Waals surface area contributed by atoms with E-state index in [4.69, 9.17) is 10.5 Å². The number of hydrogen-bond acceptors (Lipinski definition) is 5. The molecular formula is C20H22F4N4O2. The zero-order chi connectivity index (χ0) is 21.6. The third-order valence-corrected chi connectivity index (χ3v) is 5.77. The number of carbonyl (C=O) groups excluding carboxylic acids is 1. The number of carbonyl (C=O) groups is 1. The van der Waals surface area contributed by atoms with Crippen molar-refractivity contribution < 1.29 is 27.1 Å². The van der Waals surface area contributed by atoms with E-state index >= 15 is 0 Å². The van der Waals surface area contributed by atoms with Crippen LogP contribution in [0.4, 0.5) is 23.2 Å². The van der Waals surface area contributed by atoms with Gasteiger partial charge in [0.2, 0.25) is 5.91 Å². The highest BCUT2D eigenvalue weighted by molar-refractivity contribution is 5.95. The number of primary amides is 1. The summed E-state index contributed by atoms with van der Waals surface area (Å²) in [4.78, 5) is 17.9. The minimum absolute atomic E-state index is 0.130. The largest absolute Gasteiger partial charge is 0.418 e. The van der Waals surface area contributed by atoms with Crippen LogP contribution in [0, 0.1) is 5.92 Å². The number of ether oxygens (including phenoxy) is 1. The lowest BCUT2D eigenvalue weighted by molar-refractivity contribution is -0.139. The summed E-state index contributed by atoms with van der Waals surface area (Å²) in [7, 11) is 0. The second kappa shape index (κ2) is 7.66. The van der Waals surface area contributed by atoms with Crippen molar-refractivity contribution in [3.63, 3.8) is 0 Å². The van der Waals surface area contributed by atoms with Crippen LogP contribution in [0.5, 0.6) is 0 Å². The third-order valence-electron chi connectivity index (χ3n) is 5.77. The number of alkyl halides is 4. The number of pyridine rings is 1. The van der Waals surface area contributed by atoms with Gasteiger partial charge in [0, 0.05) is 42.8 Å². The molecule has 5 atom stereocenters. The fourth-order valence-corrected chi connectivity index (χ4v) is 4.52. The molecule has 1 amide bonds. The van der Waals surface area contributed by atoms with Crippen LogP contribution < -0.4 is 16.0 Å². The Morgan fingerprint density at radius 3 is 2.70 bits per heavy atom. The number of nitrogens with two attached hydrogens (primary N) is 1. The lowest BCUT2D eigenvalue weighted by atomic mass is 9.88. The number of amides is 1. The highest BCUT2D eigenvalue weighted by Crippen LogP contribution is 2.40. The van der Waals surface area contributed by atoms with Crippen LogP contribution in [0.25, 0.3) is 10.9 Å². The molecule has 2 aliphatic heterocycles. The van der Waals surface area contributed by atoms with Gasteiger partial charge in [-0.05, 0) is 31.2 Å². The number of morpholine rings is 1. The Kier molecular flexibility index (Phi) is 5.31. The lowest BCUT2D eigenvalue weighted by Gasteiger charge is -2.47. The van der Waals surface area contributed by atoms with Gasteiger partial charge in [-0.15, -0.1) is 0 Å². The summed E-state index contributed by atoms with van der Waals surface area (Å²) in [5.41, 5.74) is 4.97. The Labute approximate surface area is 170 Å². The van der Waals surface area contributed by atoms with Crippen molar-refractivity contribution in [1.29, 1.82) is 0 Å². The molecule has 0 aliphatic carbocycles. The van der Waals surface area contributed by atoms with Crippen LogP contribution in [0.2, 0.25) is 0 Å². The Morgan fingerprint density at radius 1 is 1.30 bits per heavy atom. The van der Waals surface area contributed by atoms with Crippen LogP contribution in [-0.4, -0.2) is 54.9 Å². The number of anilines is 1. The Balaban J connectivity index is 1.88. The normalized spacial score (nSPS) is 30.0. The lowest BCUT2D eigenvalue weighted by Crippen LogP contribution is -2.62. The Morgan fingerprint density at radius 2 is 2.07 bits per heavy atom. The van der Waals surface area contributed by atoms with E-state index in [0.29, 0.717) is 12.2 Å². The average Bonchev–Trinajstić information content (AvgIpc) is 3.11. The second-order valence-corrected chi connectivity index (χ2v) is 7.78. The van der Waals surface area contributed by atoms with Crippen molar-refractivity contribution in [2.24, 2.45) is 11.7 Å². The molecule has 0 bridgehead atoms. The van der Waals surface area contributed by atoms with Gasteiger partial charge in [-0.3, -0.25) is 9.78 Å². The molecule has 10 heteroatoms. The van der Waals surface area contributed by atoms with E-state index in [1.54, 1.807) is 24.0 Å². The van der Waals surface area contributed by atoms with Crippen molar-refractivity contribution in [2.45, 2.75) is 37.5 Å². The summed E-state index contributed by atoms with van der Waals surface area (Å²) in [5.74, 6) is -1.34. The predicted molar refractivity (Wildman–Crippen MR) is 103 cm³/mol. The maximum Gasteiger partial charge on any atom is 0.418 e. The Hall–Kier alpha value is -2.46. The van der Waals surface area contributed by atoms with Gasteiger partial charge in [-0.1, -0.05) is 0 Å². The van der Waals surface area contributed by atoms with Gasteiger partial charge < -0.3 is 20.7 Å². The van der Waals surface area contributed by atoms with Crippen LogP contribution >= 0.6 is 0 Å². The first kappa shape index (κ1) is 20.8. The summed E-state index contributed by atoms with van der Waals surface area (Å²) in [6.07, 6.45) is -6.04. The minimum atomic E-state index is -4.57. The zero-order valence-corrected chi connectivity index (χ0v) is 16.2. The summed E-state index contributed by atoms with van der Waals surface area (Å²) in [6.45, 7) is 2.45. The standard InChI is InChI=1S/C20H22F4N4O2/c1-10-9-28(17(18(30-10)19(25)29)12-7-26-8-14(12)21)15-5-4-13(20(22,23)24)16-11(15)3-2-6-27-16/h2-6,10,12,14,17-18,26H,7-9H2,1H3,(H2,25,29). The van der Waals surface area contributed by atoms with Gasteiger partial charge in [0.25, 0.3) is 0 Å². The maximum absolute atomic E-state index is 14.7. The fraction of sp³-hybridized carbons (Fsp3) is 0.500. The first-order chi connectivity index (χ1) is 14.2. The number of aromatic nitrogens is 1. The molecule has 5 unspecified atom stereocenters. The van der Waals surface area contributed by atoms with Crippen LogP contribution in [0.1, 0.15) is 12.5 Å². The molecule has 2 saturated heterocycles. The first-order valence-corrected chi connectivity index (χ1v) is 9.69. The monoisotopic (exact) mass is 426 g/mol. The van der Waals surface area contributed by atoms with E-state index in [9.17, 15) is 22.4 Å². The topological polar surface area (TPSA) is 80.5 Å². The third kappa shape index (κ3) is 3.58. The van der Waals surface area contributed by atoms with Crippen molar-refractivity contribution in [3.8, 4) is 0 Å². The number of benzene rings is 1. The highest BCUT2D eigenvalue weighted by Gasteiger charge is 2.48. The van der Waals surface area contributed by atoms with Crippen molar-refractivity contribution in [3.05, 3.63) is 36.0 Å². The number of rotatable bonds is 3. The smallest absolute Gasteiger partial charge is 0.367 e. The van der Waals surface area contributed by atoms with E-state index < -0.39 is 48.0 Å². The van der Waals surface area contributed by atoms with Gasteiger partial charge in [0.05, 0.1) is 23.2 Å². The van der Waals surface area contributed by atoms with Crippen LogP contribution in [-0.2, 0) is 15.7 Å². The molecule has 30 heavy (non-hydrogen) atoms. The molecule has 4 rings (SSSR count). The summed E-state index contributed by atoms with van der Waals surface area (Å²) in [5, 5.41) is 3.23. The zero-order valence-electron chi connectivity index (χ0n) is 16.2. The predicted octanol–water partition coefficient (Wildman–Crippen LogP) is 2.26. The van der Waals surface area contributed by atoms with Crippen molar-refractivity contribution in [1.82, 2.24) is 10.3 Å². The van der Waals surface area contributed by atoms with E-state index in [2.05, 4.69) is 10.3 Å². The molecule has 0 spiro atoms. The number of hydrogen-bond donors (Lipinski definition) is 2. The molecule has 3 heterocycles. The molecule has 162 valence electrons. The summed E-state index contributed by atoms with van der Waals surface area (Å²) >= 11 is 0. The molecule has 0 radical (unpaired) electrons. The van der Waals surface area contributed by atoms with Gasteiger partial charge in [0.15, 0.2) is 6.10 Å². The molecule has 2 fully saturated rings. The van der Waals surface area contributed by atoms with Crippen LogP contribution in [0.15, 0.2) is 30.5 Å². The average molecular weight is 426 g/mol. The number of nitrogens with one attached hydrogen (secondary N) is 1. The molecule has 3 N–H and O–H groups in total. The summed E-state index contributed by atoms with van der Waals surface area (Å²) in [6, 6.07) is 4.66. The highest BCUT2D eigenvalue weighted by atomic mass is 19.4. The Bertz CT molecular complexity index is 954. The summed E-state index contributed by atoms with van der Waals surface area (Å²) < 4.78 is 60.9. The number of nitrogens with zero attached hydrogens (tertiary/aromatic N) is 2. The molecule has 0 saturated carbocycles. The van der Waals surface area contributed by atoms with Crippen molar-refractivity contribution in [2.75, 3.05) is 24.5 Å². The molecule has 2 aromatic rings. The maximum atomic E-state index is 14.7. The number of fused-ring (bicyclic) bond motifs is 1. The fourth-order valence-electron chi connectivity index (χ4n) is 4.52. The molecule has 1 aromatic carbocycles. The quantitative estimate of drug-likeness (QED) is 0.736. The first-order valence-electron chi connectivity index (χ1n) is 9.69. The second-order valence-electron chi connectivity index (χ2n) is 7.78. The van der Waals surface area contributed by atoms with Gasteiger partial charge in [0.1, 0.15) is 6.17 Å². The minimum Gasteiger partial charge on any atom is -0.367 e. The van der Waals surface area contributed by atoms with Crippen LogP contribution in [0.3, 0.4) is 0 Å². The van der Waals surface area contributed by atoms with Gasteiger partial charge in [-0.2, -0.15) is 13.2 Å². The molecule has 6 nitrogen and oxygen atoms in total. The molecule has 2 aliphatic rings. The SMILES string of the molecule is CC1CN(c2ccc(C(F)(F)F)c3ncccc23)C(C2CNCC2F)C(C(N)=O)O1. The molecule has 1 aromatic heterocycles. The van der Waals surface area contributed by atoms with E-state index in [1.165, 1.54) is 12.3 Å². The molecular weight excluding hydrogens is 404 g/mol. The van der Waals surface area contributed by atoms with E-state index in [0.717, 1.165) is 6.07 Å². The van der Waals surface area contributed by atoms with E-state index in [-0.39, 0.29) is 24.0 Å². The van der Waals surface area contributed by atoms with Gasteiger partial charge in [-0.25, -0.2) is 4.39 Å². The van der Waals surface area contributed by atoms with E-state index in [1.807, 2.05) is 0 Å². The van der Waals surface area contributed by atoms with Crippen molar-refractivity contribution >= 4 is 22.5 Å². The van der Waals surface area contributed by atoms with Gasteiger partial charge >= 0.3 is 6.18 Å².